The molecule has 0 heterocycles. The van der Waals surface area contributed by atoms with Gasteiger partial charge >= 0.3 is 5.97 Å². The van der Waals surface area contributed by atoms with Gasteiger partial charge in [-0.05, 0) is 18.4 Å². The first-order valence-corrected chi connectivity index (χ1v) is 7.11. The van der Waals surface area contributed by atoms with Crippen LogP contribution in [-0.2, 0) is 16.0 Å². The largest absolute Gasteiger partial charge is 0.440 e. The molecule has 1 aliphatic rings. The second-order valence-corrected chi connectivity index (χ2v) is 5.79. The maximum absolute atomic E-state index is 12.0. The SMILES string of the molecule is C=C(Cc1ccccc1)C(=O)OC1(Cl)CCCCC1. The molecule has 3 heteroatoms. The van der Waals surface area contributed by atoms with E-state index in [1.807, 2.05) is 30.3 Å². The Morgan fingerprint density at radius 3 is 2.47 bits per heavy atom. The number of rotatable bonds is 4. The number of carbonyl (C=O) groups is 1. The van der Waals surface area contributed by atoms with Gasteiger partial charge < -0.3 is 4.74 Å². The van der Waals surface area contributed by atoms with Crippen molar-refractivity contribution in [3.63, 3.8) is 0 Å². The zero-order chi connectivity index (χ0) is 13.7. The maximum Gasteiger partial charge on any atom is 0.335 e. The van der Waals surface area contributed by atoms with Crippen molar-refractivity contribution in [2.45, 2.75) is 43.6 Å². The first-order valence-electron chi connectivity index (χ1n) is 6.73. The average Bonchev–Trinajstić information content (AvgIpc) is 2.40. The topological polar surface area (TPSA) is 26.3 Å². The van der Waals surface area contributed by atoms with E-state index in [2.05, 4.69) is 6.58 Å². The molecule has 102 valence electrons. The molecule has 0 aliphatic heterocycles. The molecule has 1 saturated carbocycles. The quantitative estimate of drug-likeness (QED) is 0.468. The van der Waals surface area contributed by atoms with E-state index in [0.717, 1.165) is 37.7 Å². The Morgan fingerprint density at radius 2 is 1.84 bits per heavy atom. The van der Waals surface area contributed by atoms with Crippen LogP contribution in [0.15, 0.2) is 42.5 Å². The van der Waals surface area contributed by atoms with Gasteiger partial charge in [0, 0.05) is 24.8 Å². The summed E-state index contributed by atoms with van der Waals surface area (Å²) in [6.45, 7) is 3.81. The zero-order valence-electron chi connectivity index (χ0n) is 11.0. The van der Waals surface area contributed by atoms with E-state index >= 15 is 0 Å². The molecular weight excluding hydrogens is 260 g/mol. The lowest BCUT2D eigenvalue weighted by atomic mass is 9.97. The van der Waals surface area contributed by atoms with Crippen LogP contribution in [0.4, 0.5) is 0 Å². The van der Waals surface area contributed by atoms with Crippen LogP contribution in [0.2, 0.25) is 0 Å². The molecule has 1 aromatic rings. The summed E-state index contributed by atoms with van der Waals surface area (Å²) in [7, 11) is 0. The Labute approximate surface area is 119 Å². The van der Waals surface area contributed by atoms with Crippen molar-refractivity contribution in [3.8, 4) is 0 Å². The number of alkyl halides is 1. The number of carbonyl (C=O) groups excluding carboxylic acids is 1. The fraction of sp³-hybridized carbons (Fsp3) is 0.438. The summed E-state index contributed by atoms with van der Waals surface area (Å²) in [6.07, 6.45) is 5.17. The molecule has 0 unspecified atom stereocenters. The van der Waals surface area contributed by atoms with E-state index in [1.165, 1.54) is 0 Å². The maximum atomic E-state index is 12.0. The van der Waals surface area contributed by atoms with E-state index in [1.54, 1.807) is 0 Å². The normalized spacial score (nSPS) is 17.7. The number of ether oxygens (including phenoxy) is 1. The summed E-state index contributed by atoms with van der Waals surface area (Å²) in [5, 5.41) is -0.811. The van der Waals surface area contributed by atoms with Gasteiger partial charge in [0.2, 0.25) is 0 Å². The number of hydrogen-bond acceptors (Lipinski definition) is 2. The van der Waals surface area contributed by atoms with Crippen molar-refractivity contribution in [2.75, 3.05) is 0 Å². The molecule has 1 aromatic carbocycles. The van der Waals surface area contributed by atoms with Gasteiger partial charge in [-0.3, -0.25) is 0 Å². The van der Waals surface area contributed by atoms with Crippen molar-refractivity contribution < 1.29 is 9.53 Å². The number of esters is 1. The Bertz CT molecular complexity index is 447. The lowest BCUT2D eigenvalue weighted by Crippen LogP contribution is -2.32. The standard InChI is InChI=1S/C16H19ClO2/c1-13(12-14-8-4-2-5-9-14)15(18)19-16(17)10-6-3-7-11-16/h2,4-5,8-9H,1,3,6-7,10-12H2. The van der Waals surface area contributed by atoms with Crippen molar-refractivity contribution >= 4 is 17.6 Å². The fourth-order valence-corrected chi connectivity index (χ4v) is 2.67. The second kappa shape index (κ2) is 6.25. The van der Waals surface area contributed by atoms with Gasteiger partial charge in [0.05, 0.1) is 0 Å². The molecule has 1 aliphatic carbocycles. The molecule has 2 nitrogen and oxygen atoms in total. The van der Waals surface area contributed by atoms with Crippen LogP contribution in [0.5, 0.6) is 0 Å². The third kappa shape index (κ3) is 4.10. The van der Waals surface area contributed by atoms with E-state index in [0.29, 0.717) is 12.0 Å². The fourth-order valence-electron chi connectivity index (χ4n) is 2.33. The van der Waals surface area contributed by atoms with E-state index in [-0.39, 0.29) is 5.97 Å². The lowest BCUT2D eigenvalue weighted by molar-refractivity contribution is -0.149. The number of benzene rings is 1. The van der Waals surface area contributed by atoms with Crippen LogP contribution in [0.3, 0.4) is 0 Å². The van der Waals surface area contributed by atoms with Gasteiger partial charge in [0.1, 0.15) is 0 Å². The minimum absolute atomic E-state index is 0.374. The summed E-state index contributed by atoms with van der Waals surface area (Å²) in [5.41, 5.74) is 1.51. The monoisotopic (exact) mass is 278 g/mol. The highest BCUT2D eigenvalue weighted by atomic mass is 35.5. The molecular formula is C16H19ClO2. The summed E-state index contributed by atoms with van der Waals surface area (Å²) in [5.74, 6) is -0.374. The molecule has 0 spiro atoms. The van der Waals surface area contributed by atoms with Crippen LogP contribution >= 0.6 is 11.6 Å². The highest BCUT2D eigenvalue weighted by Gasteiger charge is 2.33. The van der Waals surface area contributed by atoms with Gasteiger partial charge in [-0.25, -0.2) is 4.79 Å². The third-order valence-electron chi connectivity index (χ3n) is 3.42. The first-order chi connectivity index (χ1) is 9.09. The van der Waals surface area contributed by atoms with Gasteiger partial charge in [0.15, 0.2) is 5.06 Å². The Hall–Kier alpha value is -1.28. The lowest BCUT2D eigenvalue weighted by Gasteiger charge is -2.30. The predicted molar refractivity (Wildman–Crippen MR) is 77.0 cm³/mol. The van der Waals surface area contributed by atoms with Crippen LogP contribution < -0.4 is 0 Å². The van der Waals surface area contributed by atoms with E-state index in [9.17, 15) is 4.79 Å². The second-order valence-electron chi connectivity index (χ2n) is 5.10. The zero-order valence-corrected chi connectivity index (χ0v) is 11.8. The average molecular weight is 279 g/mol. The molecule has 0 N–H and O–H groups in total. The number of hydrogen-bond donors (Lipinski definition) is 0. The highest BCUT2D eigenvalue weighted by Crippen LogP contribution is 2.35. The van der Waals surface area contributed by atoms with E-state index in [4.69, 9.17) is 16.3 Å². The molecule has 0 atom stereocenters. The Morgan fingerprint density at radius 1 is 1.21 bits per heavy atom. The molecule has 0 radical (unpaired) electrons. The van der Waals surface area contributed by atoms with Crippen molar-refractivity contribution in [3.05, 3.63) is 48.0 Å². The van der Waals surface area contributed by atoms with E-state index < -0.39 is 5.06 Å². The molecule has 1 fully saturated rings. The summed E-state index contributed by atoms with van der Waals surface area (Å²) in [6, 6.07) is 9.77. The molecule has 0 bridgehead atoms. The predicted octanol–water partition coefficient (Wildman–Crippen LogP) is 4.23. The van der Waals surface area contributed by atoms with Crippen LogP contribution in [0.25, 0.3) is 0 Å². The Balaban J connectivity index is 1.90. The number of halogens is 1. The third-order valence-corrected chi connectivity index (χ3v) is 3.88. The molecule has 0 saturated heterocycles. The highest BCUT2D eigenvalue weighted by molar-refractivity contribution is 6.23. The minimum atomic E-state index is -0.811. The van der Waals surface area contributed by atoms with Crippen molar-refractivity contribution in [2.24, 2.45) is 0 Å². The van der Waals surface area contributed by atoms with Gasteiger partial charge in [-0.2, -0.15) is 0 Å². The summed E-state index contributed by atoms with van der Waals surface area (Å²) in [4.78, 5) is 12.0. The smallest absolute Gasteiger partial charge is 0.335 e. The van der Waals surface area contributed by atoms with Gasteiger partial charge in [0.25, 0.3) is 0 Å². The molecule has 0 aromatic heterocycles. The Kier molecular flexibility index (Phi) is 4.65. The van der Waals surface area contributed by atoms with Crippen LogP contribution in [0, 0.1) is 0 Å². The van der Waals surface area contributed by atoms with Crippen molar-refractivity contribution in [1.29, 1.82) is 0 Å². The molecule has 19 heavy (non-hydrogen) atoms. The van der Waals surface area contributed by atoms with Crippen LogP contribution in [0.1, 0.15) is 37.7 Å². The van der Waals surface area contributed by atoms with Gasteiger partial charge in [-0.1, -0.05) is 54.9 Å². The van der Waals surface area contributed by atoms with Gasteiger partial charge in [-0.15, -0.1) is 0 Å². The molecule has 2 rings (SSSR count). The first kappa shape index (κ1) is 14.1. The van der Waals surface area contributed by atoms with Crippen LogP contribution in [-0.4, -0.2) is 11.0 Å². The minimum Gasteiger partial charge on any atom is -0.440 e. The summed E-state index contributed by atoms with van der Waals surface area (Å²) >= 11 is 6.33. The summed E-state index contributed by atoms with van der Waals surface area (Å²) < 4.78 is 5.44. The van der Waals surface area contributed by atoms with Crippen molar-refractivity contribution in [1.82, 2.24) is 0 Å². The molecule has 0 amide bonds.